The summed E-state index contributed by atoms with van der Waals surface area (Å²) in [5, 5.41) is 12.7. The summed E-state index contributed by atoms with van der Waals surface area (Å²) in [6, 6.07) is 5.55. The average molecular weight is 223 g/mol. The molecule has 0 bridgehead atoms. The Morgan fingerprint density at radius 2 is 2.06 bits per heavy atom. The van der Waals surface area contributed by atoms with Crippen molar-refractivity contribution < 1.29 is 19.1 Å². The molecule has 1 aromatic carbocycles. The van der Waals surface area contributed by atoms with E-state index in [4.69, 9.17) is 9.94 Å². The summed E-state index contributed by atoms with van der Waals surface area (Å²) >= 11 is 0. The lowest BCUT2D eigenvalue weighted by atomic mass is 9.93. The summed E-state index contributed by atoms with van der Waals surface area (Å²) < 4.78 is 12.7. The molecule has 1 aliphatic heterocycles. The quantitative estimate of drug-likeness (QED) is 0.833. The van der Waals surface area contributed by atoms with E-state index in [9.17, 15) is 9.18 Å². The third-order valence-corrected chi connectivity index (χ3v) is 2.53. The first-order chi connectivity index (χ1) is 7.59. The predicted octanol–water partition coefficient (Wildman–Crippen LogP) is 1.97. The minimum Gasteiger partial charge on any atom is -0.481 e. The molecule has 2 unspecified atom stereocenters. The standard InChI is InChI=1S/C11H10FNO3/c1-6-9(11(14)15)10(16-13-6)7-2-4-8(12)5-3-7/h2-5,9-10H,1H3,(H,14,15). The maximum absolute atomic E-state index is 12.7. The topological polar surface area (TPSA) is 58.9 Å². The third-order valence-electron chi connectivity index (χ3n) is 2.53. The van der Waals surface area contributed by atoms with Crippen molar-refractivity contribution in [3.63, 3.8) is 0 Å². The van der Waals surface area contributed by atoms with E-state index in [1.165, 1.54) is 24.3 Å². The highest BCUT2D eigenvalue weighted by molar-refractivity contribution is 6.01. The molecule has 0 spiro atoms. The monoisotopic (exact) mass is 223 g/mol. The van der Waals surface area contributed by atoms with Gasteiger partial charge >= 0.3 is 5.97 Å². The van der Waals surface area contributed by atoms with Gasteiger partial charge in [0.1, 0.15) is 11.7 Å². The number of oxime groups is 1. The predicted molar refractivity (Wildman–Crippen MR) is 54.5 cm³/mol. The van der Waals surface area contributed by atoms with E-state index in [1.807, 2.05) is 0 Å². The Balaban J connectivity index is 2.29. The zero-order valence-corrected chi connectivity index (χ0v) is 8.55. The van der Waals surface area contributed by atoms with Crippen LogP contribution in [0.4, 0.5) is 4.39 Å². The molecule has 84 valence electrons. The van der Waals surface area contributed by atoms with Crippen molar-refractivity contribution in [1.29, 1.82) is 0 Å². The van der Waals surface area contributed by atoms with Crippen molar-refractivity contribution in [3.8, 4) is 0 Å². The smallest absolute Gasteiger partial charge is 0.316 e. The van der Waals surface area contributed by atoms with Crippen LogP contribution < -0.4 is 0 Å². The summed E-state index contributed by atoms with van der Waals surface area (Å²) in [6.45, 7) is 1.60. The molecule has 16 heavy (non-hydrogen) atoms. The Hall–Kier alpha value is -1.91. The number of benzene rings is 1. The van der Waals surface area contributed by atoms with Crippen LogP contribution in [0, 0.1) is 11.7 Å². The number of carbonyl (C=O) groups is 1. The highest BCUT2D eigenvalue weighted by Gasteiger charge is 2.38. The molecule has 0 saturated heterocycles. The molecule has 5 heteroatoms. The minimum atomic E-state index is -0.993. The second-order valence-electron chi connectivity index (χ2n) is 3.63. The van der Waals surface area contributed by atoms with Crippen LogP contribution >= 0.6 is 0 Å². The normalized spacial score (nSPS) is 23.8. The zero-order valence-electron chi connectivity index (χ0n) is 8.55. The van der Waals surface area contributed by atoms with Gasteiger partial charge in [0, 0.05) is 0 Å². The lowest BCUT2D eigenvalue weighted by Gasteiger charge is -2.14. The SMILES string of the molecule is CC1=NOC(c2ccc(F)cc2)C1C(=O)O. The molecule has 1 N–H and O–H groups in total. The molecule has 4 nitrogen and oxygen atoms in total. The molecule has 0 radical (unpaired) electrons. The van der Waals surface area contributed by atoms with Gasteiger partial charge in [-0.3, -0.25) is 4.79 Å². The number of rotatable bonds is 2. The Morgan fingerprint density at radius 3 is 2.62 bits per heavy atom. The summed E-state index contributed by atoms with van der Waals surface area (Å²) in [5.41, 5.74) is 1.02. The van der Waals surface area contributed by atoms with E-state index in [1.54, 1.807) is 6.92 Å². The number of hydrogen-bond donors (Lipinski definition) is 1. The number of nitrogens with zero attached hydrogens (tertiary/aromatic N) is 1. The molecule has 1 aromatic rings. The average Bonchev–Trinajstić information content (AvgIpc) is 2.61. The van der Waals surface area contributed by atoms with E-state index in [2.05, 4.69) is 5.16 Å². The van der Waals surface area contributed by atoms with Crippen molar-refractivity contribution in [2.45, 2.75) is 13.0 Å². The molecule has 0 amide bonds. The fourth-order valence-electron chi connectivity index (χ4n) is 1.69. The van der Waals surface area contributed by atoms with Crippen molar-refractivity contribution in [1.82, 2.24) is 0 Å². The Labute approximate surface area is 91.3 Å². The van der Waals surface area contributed by atoms with Gasteiger partial charge in [-0.05, 0) is 24.6 Å². The van der Waals surface area contributed by atoms with Crippen molar-refractivity contribution in [2.75, 3.05) is 0 Å². The number of hydrogen-bond acceptors (Lipinski definition) is 3. The van der Waals surface area contributed by atoms with Crippen molar-refractivity contribution in [2.24, 2.45) is 11.1 Å². The van der Waals surface area contributed by atoms with Gasteiger partial charge in [-0.2, -0.15) is 0 Å². The van der Waals surface area contributed by atoms with Gasteiger partial charge in [0.25, 0.3) is 0 Å². The van der Waals surface area contributed by atoms with Crippen LogP contribution in [-0.4, -0.2) is 16.8 Å². The molecule has 2 atom stereocenters. The van der Waals surface area contributed by atoms with Gasteiger partial charge in [-0.1, -0.05) is 17.3 Å². The molecule has 0 aromatic heterocycles. The highest BCUT2D eigenvalue weighted by atomic mass is 19.1. The van der Waals surface area contributed by atoms with Crippen LogP contribution in [0.5, 0.6) is 0 Å². The van der Waals surface area contributed by atoms with E-state index in [-0.39, 0.29) is 5.82 Å². The van der Waals surface area contributed by atoms with Crippen LogP contribution in [-0.2, 0) is 9.63 Å². The van der Waals surface area contributed by atoms with Gasteiger partial charge in [0.2, 0.25) is 0 Å². The minimum absolute atomic E-state index is 0.369. The first kappa shape index (κ1) is 10.6. The van der Waals surface area contributed by atoms with Gasteiger partial charge in [-0.25, -0.2) is 4.39 Å². The molecular formula is C11H10FNO3. The fourth-order valence-corrected chi connectivity index (χ4v) is 1.69. The summed E-state index contributed by atoms with van der Waals surface area (Å²) in [5.74, 6) is -2.16. The maximum Gasteiger partial charge on any atom is 0.316 e. The van der Waals surface area contributed by atoms with Crippen molar-refractivity contribution >= 4 is 11.7 Å². The molecular weight excluding hydrogens is 213 g/mol. The first-order valence-corrected chi connectivity index (χ1v) is 4.78. The Bertz CT molecular complexity index is 441. The van der Waals surface area contributed by atoms with E-state index in [0.717, 1.165) is 0 Å². The van der Waals surface area contributed by atoms with Gasteiger partial charge in [-0.15, -0.1) is 0 Å². The Morgan fingerprint density at radius 1 is 1.44 bits per heavy atom. The van der Waals surface area contributed by atoms with Gasteiger partial charge in [0.05, 0.1) is 5.71 Å². The molecule has 0 saturated carbocycles. The number of carboxylic acids is 1. The summed E-state index contributed by atoms with van der Waals surface area (Å²) in [7, 11) is 0. The maximum atomic E-state index is 12.7. The molecule has 1 aliphatic rings. The van der Waals surface area contributed by atoms with Crippen LogP contribution in [0.25, 0.3) is 0 Å². The lowest BCUT2D eigenvalue weighted by Crippen LogP contribution is -2.24. The van der Waals surface area contributed by atoms with Crippen LogP contribution in [0.1, 0.15) is 18.6 Å². The lowest BCUT2D eigenvalue weighted by molar-refractivity contribution is -0.142. The number of carboxylic acid groups (broad SMARTS) is 1. The molecule has 0 aliphatic carbocycles. The number of aliphatic carboxylic acids is 1. The second kappa shape index (κ2) is 3.92. The van der Waals surface area contributed by atoms with Crippen LogP contribution in [0.2, 0.25) is 0 Å². The van der Waals surface area contributed by atoms with E-state index >= 15 is 0 Å². The fraction of sp³-hybridized carbons (Fsp3) is 0.273. The zero-order chi connectivity index (χ0) is 11.7. The number of halogens is 1. The largest absolute Gasteiger partial charge is 0.481 e. The first-order valence-electron chi connectivity index (χ1n) is 4.78. The molecule has 0 fully saturated rings. The van der Waals surface area contributed by atoms with E-state index in [0.29, 0.717) is 11.3 Å². The van der Waals surface area contributed by atoms with Gasteiger partial charge in [0.15, 0.2) is 6.10 Å². The van der Waals surface area contributed by atoms with Crippen molar-refractivity contribution in [3.05, 3.63) is 35.6 Å². The Kier molecular flexibility index (Phi) is 2.60. The summed E-state index contributed by atoms with van der Waals surface area (Å²) in [6.07, 6.45) is -0.668. The highest BCUT2D eigenvalue weighted by Crippen LogP contribution is 2.32. The van der Waals surface area contributed by atoms with Gasteiger partial charge < -0.3 is 9.94 Å². The van der Waals surface area contributed by atoms with Crippen LogP contribution in [0.3, 0.4) is 0 Å². The third kappa shape index (κ3) is 1.76. The molecule has 1 heterocycles. The second-order valence-corrected chi connectivity index (χ2v) is 3.63. The van der Waals surface area contributed by atoms with E-state index < -0.39 is 18.0 Å². The summed E-state index contributed by atoms with van der Waals surface area (Å²) in [4.78, 5) is 16.1. The molecule has 2 rings (SSSR count). The van der Waals surface area contributed by atoms with Crippen LogP contribution in [0.15, 0.2) is 29.4 Å².